The summed E-state index contributed by atoms with van der Waals surface area (Å²) in [5.41, 5.74) is 0.770. The number of rotatable bonds is 2. The summed E-state index contributed by atoms with van der Waals surface area (Å²) in [6.45, 7) is 9.77. The maximum Gasteiger partial charge on any atom is 0.301 e. The first-order chi connectivity index (χ1) is 6.80. The molecule has 1 rings (SSSR count). The van der Waals surface area contributed by atoms with E-state index in [-0.39, 0.29) is 23.3 Å². The van der Waals surface area contributed by atoms with Gasteiger partial charge in [0.1, 0.15) is 6.26 Å². The molecule has 1 amide bonds. The lowest BCUT2D eigenvalue weighted by molar-refractivity contribution is -0.119. The topological polar surface area (TPSA) is 55.1 Å². The van der Waals surface area contributed by atoms with E-state index in [2.05, 4.69) is 10.3 Å². The molecule has 0 aliphatic rings. The van der Waals surface area contributed by atoms with Crippen molar-refractivity contribution in [1.29, 1.82) is 0 Å². The Morgan fingerprint density at radius 2 is 2.07 bits per heavy atom. The van der Waals surface area contributed by atoms with Crippen LogP contribution in [-0.4, -0.2) is 10.9 Å². The van der Waals surface area contributed by atoms with Crippen LogP contribution in [0.1, 0.15) is 40.3 Å². The number of oxazole rings is 1. The summed E-state index contributed by atoms with van der Waals surface area (Å²) in [7, 11) is 0. The second-order valence-corrected chi connectivity index (χ2v) is 4.93. The number of anilines is 1. The smallest absolute Gasteiger partial charge is 0.301 e. The van der Waals surface area contributed by atoms with Crippen molar-refractivity contribution < 1.29 is 9.21 Å². The van der Waals surface area contributed by atoms with Gasteiger partial charge in [0.05, 0.1) is 5.69 Å². The van der Waals surface area contributed by atoms with Gasteiger partial charge in [-0.25, -0.2) is 0 Å². The molecule has 0 bridgehead atoms. The van der Waals surface area contributed by atoms with Gasteiger partial charge in [0, 0.05) is 11.3 Å². The van der Waals surface area contributed by atoms with E-state index in [9.17, 15) is 4.79 Å². The Labute approximate surface area is 90.1 Å². The standard InChI is InChI=1S/C11H18N2O2/c1-7(2)9(14)13-10-12-8(6-15-10)11(3,4)5/h6-7H,1-5H3,(H,12,13,14). The number of nitrogens with zero attached hydrogens (tertiary/aromatic N) is 1. The fourth-order valence-electron chi connectivity index (χ4n) is 0.925. The molecule has 0 saturated carbocycles. The molecular formula is C11H18N2O2. The molecule has 1 aromatic heterocycles. The van der Waals surface area contributed by atoms with Gasteiger partial charge in [0.15, 0.2) is 0 Å². The van der Waals surface area contributed by atoms with Crippen molar-refractivity contribution in [3.8, 4) is 0 Å². The van der Waals surface area contributed by atoms with Crippen molar-refractivity contribution in [3.63, 3.8) is 0 Å². The van der Waals surface area contributed by atoms with E-state index in [4.69, 9.17) is 4.42 Å². The highest BCUT2D eigenvalue weighted by molar-refractivity contribution is 5.90. The molecule has 15 heavy (non-hydrogen) atoms. The van der Waals surface area contributed by atoms with Crippen LogP contribution in [0.25, 0.3) is 0 Å². The summed E-state index contributed by atoms with van der Waals surface area (Å²) in [5, 5.41) is 2.62. The van der Waals surface area contributed by atoms with Crippen molar-refractivity contribution in [2.45, 2.75) is 40.0 Å². The number of aromatic nitrogens is 1. The normalized spacial score (nSPS) is 11.9. The summed E-state index contributed by atoms with van der Waals surface area (Å²) in [6, 6.07) is 0.277. The molecule has 0 radical (unpaired) electrons. The molecule has 0 atom stereocenters. The van der Waals surface area contributed by atoms with Crippen molar-refractivity contribution >= 4 is 11.9 Å². The Bertz CT molecular complexity index is 348. The highest BCUT2D eigenvalue weighted by Gasteiger charge is 2.19. The third kappa shape index (κ3) is 3.08. The fourth-order valence-corrected chi connectivity index (χ4v) is 0.925. The minimum absolute atomic E-state index is 0.0652. The number of carbonyl (C=O) groups excluding carboxylic acids is 1. The van der Waals surface area contributed by atoms with Crippen LogP contribution in [0.5, 0.6) is 0 Å². The molecule has 0 unspecified atom stereocenters. The van der Waals surface area contributed by atoms with Crippen molar-refractivity contribution in [1.82, 2.24) is 4.98 Å². The highest BCUT2D eigenvalue weighted by atomic mass is 16.4. The largest absolute Gasteiger partial charge is 0.432 e. The third-order valence-corrected chi connectivity index (χ3v) is 2.03. The van der Waals surface area contributed by atoms with Crippen molar-refractivity contribution in [3.05, 3.63) is 12.0 Å². The van der Waals surface area contributed by atoms with E-state index < -0.39 is 0 Å². The second-order valence-electron chi connectivity index (χ2n) is 4.93. The minimum Gasteiger partial charge on any atom is -0.432 e. The molecule has 0 aromatic carbocycles. The SMILES string of the molecule is CC(C)C(=O)Nc1nc(C(C)(C)C)co1. The quantitative estimate of drug-likeness (QED) is 0.816. The molecule has 4 nitrogen and oxygen atoms in total. The maximum atomic E-state index is 11.4. The first-order valence-corrected chi connectivity index (χ1v) is 5.07. The van der Waals surface area contributed by atoms with E-state index in [0.29, 0.717) is 0 Å². The zero-order chi connectivity index (χ0) is 11.6. The number of nitrogens with one attached hydrogen (secondary N) is 1. The van der Waals surface area contributed by atoms with E-state index >= 15 is 0 Å². The van der Waals surface area contributed by atoms with Gasteiger partial charge in [-0.05, 0) is 0 Å². The Hall–Kier alpha value is -1.32. The van der Waals surface area contributed by atoms with Gasteiger partial charge in [-0.1, -0.05) is 34.6 Å². The lowest BCUT2D eigenvalue weighted by Crippen LogP contribution is -2.18. The van der Waals surface area contributed by atoms with Gasteiger partial charge in [-0.2, -0.15) is 4.98 Å². The van der Waals surface area contributed by atoms with Crippen LogP contribution in [-0.2, 0) is 10.2 Å². The third-order valence-electron chi connectivity index (χ3n) is 2.03. The van der Waals surface area contributed by atoms with E-state index in [1.807, 2.05) is 34.6 Å². The highest BCUT2D eigenvalue weighted by Crippen LogP contribution is 2.22. The van der Waals surface area contributed by atoms with Crippen molar-refractivity contribution in [2.24, 2.45) is 5.92 Å². The minimum atomic E-state index is -0.0858. The molecule has 4 heteroatoms. The molecule has 84 valence electrons. The van der Waals surface area contributed by atoms with Crippen LogP contribution < -0.4 is 5.32 Å². The van der Waals surface area contributed by atoms with Crippen molar-refractivity contribution in [2.75, 3.05) is 5.32 Å². The summed E-state index contributed by atoms with van der Waals surface area (Å²) in [5.74, 6) is -0.160. The molecule has 0 aliphatic carbocycles. The molecule has 0 spiro atoms. The average Bonchev–Trinajstić information content (AvgIpc) is 2.51. The van der Waals surface area contributed by atoms with Crippen LogP contribution in [0.15, 0.2) is 10.7 Å². The van der Waals surface area contributed by atoms with Crippen LogP contribution >= 0.6 is 0 Å². The van der Waals surface area contributed by atoms with Gasteiger partial charge < -0.3 is 4.42 Å². The van der Waals surface area contributed by atoms with Crippen LogP contribution in [0.4, 0.5) is 6.01 Å². The van der Waals surface area contributed by atoms with Crippen LogP contribution in [0, 0.1) is 5.92 Å². The maximum absolute atomic E-state index is 11.4. The van der Waals surface area contributed by atoms with Crippen LogP contribution in [0.2, 0.25) is 0 Å². The lowest BCUT2D eigenvalue weighted by Gasteiger charge is -2.12. The Morgan fingerprint density at radius 3 is 2.47 bits per heavy atom. The number of carbonyl (C=O) groups is 1. The predicted octanol–water partition coefficient (Wildman–Crippen LogP) is 2.57. The first-order valence-electron chi connectivity index (χ1n) is 5.07. The van der Waals surface area contributed by atoms with E-state index in [1.165, 1.54) is 0 Å². The number of amides is 1. The summed E-state index contributed by atoms with van der Waals surface area (Å²) < 4.78 is 5.17. The zero-order valence-corrected chi connectivity index (χ0v) is 9.92. The van der Waals surface area contributed by atoms with Gasteiger partial charge in [-0.15, -0.1) is 0 Å². The number of hydrogen-bond donors (Lipinski definition) is 1. The average molecular weight is 210 g/mol. The molecule has 0 aliphatic heterocycles. The Kier molecular flexibility index (Phi) is 3.17. The summed E-state index contributed by atoms with van der Waals surface area (Å²) >= 11 is 0. The van der Waals surface area contributed by atoms with E-state index in [0.717, 1.165) is 5.69 Å². The Balaban J connectivity index is 2.73. The van der Waals surface area contributed by atoms with Gasteiger partial charge in [0.2, 0.25) is 5.91 Å². The Morgan fingerprint density at radius 1 is 1.47 bits per heavy atom. The molecular weight excluding hydrogens is 192 g/mol. The first kappa shape index (κ1) is 11.8. The van der Waals surface area contributed by atoms with Gasteiger partial charge in [0.25, 0.3) is 0 Å². The van der Waals surface area contributed by atoms with Crippen LogP contribution in [0.3, 0.4) is 0 Å². The number of hydrogen-bond acceptors (Lipinski definition) is 3. The molecule has 1 aromatic rings. The monoisotopic (exact) mass is 210 g/mol. The summed E-state index contributed by atoms with van der Waals surface area (Å²) in [6.07, 6.45) is 1.58. The zero-order valence-electron chi connectivity index (χ0n) is 9.92. The lowest BCUT2D eigenvalue weighted by atomic mass is 9.93. The fraction of sp³-hybridized carbons (Fsp3) is 0.636. The van der Waals surface area contributed by atoms with Gasteiger partial charge >= 0.3 is 6.01 Å². The second kappa shape index (κ2) is 4.04. The molecule has 1 N–H and O–H groups in total. The molecule has 1 heterocycles. The molecule has 0 fully saturated rings. The summed E-state index contributed by atoms with van der Waals surface area (Å²) in [4.78, 5) is 15.6. The molecule has 0 saturated heterocycles. The van der Waals surface area contributed by atoms with Gasteiger partial charge in [-0.3, -0.25) is 10.1 Å². The van der Waals surface area contributed by atoms with E-state index in [1.54, 1.807) is 6.26 Å². The predicted molar refractivity (Wildman–Crippen MR) is 58.7 cm³/mol.